The van der Waals surface area contributed by atoms with Crippen molar-refractivity contribution in [2.45, 2.75) is 20.3 Å². The van der Waals surface area contributed by atoms with Gasteiger partial charge in [-0.1, -0.05) is 6.92 Å². The van der Waals surface area contributed by atoms with Gasteiger partial charge < -0.3 is 14.6 Å². The lowest BCUT2D eigenvalue weighted by molar-refractivity contribution is 0.0696. The van der Waals surface area contributed by atoms with Crippen LogP contribution in [-0.2, 0) is 0 Å². The van der Waals surface area contributed by atoms with E-state index in [1.54, 1.807) is 25.1 Å². The lowest BCUT2D eigenvalue weighted by Gasteiger charge is -2.09. The van der Waals surface area contributed by atoms with E-state index in [0.29, 0.717) is 23.7 Å². The highest BCUT2D eigenvalue weighted by Crippen LogP contribution is 2.25. The Morgan fingerprint density at radius 3 is 2.24 bits per heavy atom. The summed E-state index contributed by atoms with van der Waals surface area (Å²) in [4.78, 5) is 11.0. The van der Waals surface area contributed by atoms with Crippen LogP contribution in [0, 0.1) is 6.92 Å². The van der Waals surface area contributed by atoms with Gasteiger partial charge in [0.1, 0.15) is 17.2 Å². The van der Waals surface area contributed by atoms with Crippen LogP contribution in [0.15, 0.2) is 42.5 Å². The summed E-state index contributed by atoms with van der Waals surface area (Å²) in [6.45, 7) is 4.49. The summed E-state index contributed by atoms with van der Waals surface area (Å²) in [5, 5.41) is 8.99. The lowest BCUT2D eigenvalue weighted by atomic mass is 10.1. The van der Waals surface area contributed by atoms with Gasteiger partial charge in [-0.2, -0.15) is 0 Å². The van der Waals surface area contributed by atoms with Gasteiger partial charge in [-0.25, -0.2) is 4.79 Å². The first-order valence-corrected chi connectivity index (χ1v) is 6.85. The molecule has 0 aliphatic heterocycles. The fourth-order valence-corrected chi connectivity index (χ4v) is 1.90. The first kappa shape index (κ1) is 14.9. The summed E-state index contributed by atoms with van der Waals surface area (Å²) in [6.07, 6.45) is 0.966. The smallest absolute Gasteiger partial charge is 0.335 e. The van der Waals surface area contributed by atoms with E-state index >= 15 is 0 Å². The van der Waals surface area contributed by atoms with Crippen molar-refractivity contribution in [3.63, 3.8) is 0 Å². The van der Waals surface area contributed by atoms with Gasteiger partial charge in [0, 0.05) is 0 Å². The van der Waals surface area contributed by atoms with Gasteiger partial charge in [0.05, 0.1) is 12.2 Å². The van der Waals surface area contributed by atoms with Gasteiger partial charge in [0.15, 0.2) is 0 Å². The van der Waals surface area contributed by atoms with Crippen LogP contribution in [0.25, 0.3) is 0 Å². The first-order chi connectivity index (χ1) is 10.1. The second kappa shape index (κ2) is 6.79. The summed E-state index contributed by atoms with van der Waals surface area (Å²) < 4.78 is 11.2. The molecule has 110 valence electrons. The molecule has 0 amide bonds. The molecular formula is C17H18O4. The monoisotopic (exact) mass is 286 g/mol. The molecule has 0 heterocycles. The second-order valence-electron chi connectivity index (χ2n) is 4.70. The van der Waals surface area contributed by atoms with E-state index in [9.17, 15) is 4.79 Å². The Kier molecular flexibility index (Phi) is 4.82. The zero-order valence-electron chi connectivity index (χ0n) is 12.1. The molecule has 21 heavy (non-hydrogen) atoms. The van der Waals surface area contributed by atoms with Crippen molar-refractivity contribution in [3.8, 4) is 17.2 Å². The van der Waals surface area contributed by atoms with Crippen LogP contribution in [-0.4, -0.2) is 17.7 Å². The second-order valence-corrected chi connectivity index (χ2v) is 4.70. The van der Waals surface area contributed by atoms with Gasteiger partial charge >= 0.3 is 5.97 Å². The molecule has 4 heteroatoms. The first-order valence-electron chi connectivity index (χ1n) is 6.85. The molecule has 0 aliphatic carbocycles. The standard InChI is InChI=1S/C17H18O4/c1-3-10-20-13-4-6-14(7-5-13)21-15-8-9-16(17(18)19)12(2)11-15/h4-9,11H,3,10H2,1-2H3,(H,18,19). The molecule has 2 aromatic rings. The molecule has 2 aromatic carbocycles. The van der Waals surface area contributed by atoms with Crippen molar-refractivity contribution < 1.29 is 19.4 Å². The number of aryl methyl sites for hydroxylation is 1. The van der Waals surface area contributed by atoms with E-state index in [1.165, 1.54) is 0 Å². The van der Waals surface area contributed by atoms with E-state index < -0.39 is 5.97 Å². The Bertz CT molecular complexity index is 617. The van der Waals surface area contributed by atoms with Crippen LogP contribution in [0.2, 0.25) is 0 Å². The number of carbonyl (C=O) groups is 1. The van der Waals surface area contributed by atoms with E-state index in [-0.39, 0.29) is 5.56 Å². The van der Waals surface area contributed by atoms with Crippen LogP contribution >= 0.6 is 0 Å². The van der Waals surface area contributed by atoms with Crippen molar-refractivity contribution in [1.82, 2.24) is 0 Å². The van der Waals surface area contributed by atoms with Crippen LogP contribution in [0.3, 0.4) is 0 Å². The molecular weight excluding hydrogens is 268 g/mol. The van der Waals surface area contributed by atoms with Crippen molar-refractivity contribution in [3.05, 3.63) is 53.6 Å². The Morgan fingerprint density at radius 1 is 1.05 bits per heavy atom. The third-order valence-electron chi connectivity index (χ3n) is 2.96. The average Bonchev–Trinajstić information content (AvgIpc) is 2.46. The van der Waals surface area contributed by atoms with Crippen molar-refractivity contribution in [1.29, 1.82) is 0 Å². The molecule has 0 fully saturated rings. The maximum atomic E-state index is 11.0. The SMILES string of the molecule is CCCOc1ccc(Oc2ccc(C(=O)O)c(C)c2)cc1. The van der Waals surface area contributed by atoms with Crippen molar-refractivity contribution in [2.75, 3.05) is 6.61 Å². The maximum absolute atomic E-state index is 11.0. The van der Waals surface area contributed by atoms with Gasteiger partial charge in [-0.3, -0.25) is 0 Å². The van der Waals surface area contributed by atoms with E-state index in [4.69, 9.17) is 14.6 Å². The van der Waals surface area contributed by atoms with Crippen LogP contribution in [0.5, 0.6) is 17.2 Å². The fraction of sp³-hybridized carbons (Fsp3) is 0.235. The van der Waals surface area contributed by atoms with Crippen LogP contribution in [0.1, 0.15) is 29.3 Å². The number of carboxylic acids is 1. The molecule has 4 nitrogen and oxygen atoms in total. The predicted molar refractivity (Wildman–Crippen MR) is 80.4 cm³/mol. The largest absolute Gasteiger partial charge is 0.494 e. The van der Waals surface area contributed by atoms with Gasteiger partial charge in [0.25, 0.3) is 0 Å². The highest BCUT2D eigenvalue weighted by atomic mass is 16.5. The number of carboxylic acid groups (broad SMARTS) is 1. The van der Waals surface area contributed by atoms with E-state index in [0.717, 1.165) is 12.2 Å². The predicted octanol–water partition coefficient (Wildman–Crippen LogP) is 4.27. The number of hydrogen-bond acceptors (Lipinski definition) is 3. The van der Waals surface area contributed by atoms with Crippen LogP contribution < -0.4 is 9.47 Å². The number of hydrogen-bond donors (Lipinski definition) is 1. The molecule has 2 rings (SSSR count). The van der Waals surface area contributed by atoms with Crippen molar-refractivity contribution in [2.24, 2.45) is 0 Å². The summed E-state index contributed by atoms with van der Waals surface area (Å²) in [7, 11) is 0. The molecule has 0 unspecified atom stereocenters. The molecule has 0 saturated heterocycles. The lowest BCUT2D eigenvalue weighted by Crippen LogP contribution is -1.99. The molecule has 0 atom stereocenters. The summed E-state index contributed by atoms with van der Waals surface area (Å²) >= 11 is 0. The summed E-state index contributed by atoms with van der Waals surface area (Å²) in [5.74, 6) is 1.17. The number of ether oxygens (including phenoxy) is 2. The summed E-state index contributed by atoms with van der Waals surface area (Å²) in [6, 6.07) is 12.3. The minimum Gasteiger partial charge on any atom is -0.494 e. The number of rotatable bonds is 6. The quantitative estimate of drug-likeness (QED) is 0.861. The third-order valence-corrected chi connectivity index (χ3v) is 2.96. The molecule has 0 aliphatic rings. The van der Waals surface area contributed by atoms with Gasteiger partial charge in [-0.15, -0.1) is 0 Å². The van der Waals surface area contributed by atoms with Gasteiger partial charge in [0.2, 0.25) is 0 Å². The Morgan fingerprint density at radius 2 is 1.67 bits per heavy atom. The van der Waals surface area contributed by atoms with Gasteiger partial charge in [-0.05, 0) is 61.4 Å². The third kappa shape index (κ3) is 3.99. The molecule has 0 aromatic heterocycles. The Labute approximate surface area is 123 Å². The molecule has 0 radical (unpaired) electrons. The molecule has 1 N–H and O–H groups in total. The Hall–Kier alpha value is -2.49. The van der Waals surface area contributed by atoms with E-state index in [1.807, 2.05) is 24.3 Å². The highest BCUT2D eigenvalue weighted by molar-refractivity contribution is 5.89. The number of aromatic carboxylic acids is 1. The molecule has 0 saturated carbocycles. The zero-order chi connectivity index (χ0) is 15.2. The topological polar surface area (TPSA) is 55.8 Å². The van der Waals surface area contributed by atoms with Crippen LogP contribution in [0.4, 0.5) is 0 Å². The maximum Gasteiger partial charge on any atom is 0.335 e. The average molecular weight is 286 g/mol. The fourth-order valence-electron chi connectivity index (χ4n) is 1.90. The van der Waals surface area contributed by atoms with Crippen molar-refractivity contribution >= 4 is 5.97 Å². The summed E-state index contributed by atoms with van der Waals surface area (Å²) in [5.41, 5.74) is 0.952. The molecule has 0 spiro atoms. The normalized spacial score (nSPS) is 10.2. The minimum absolute atomic E-state index is 0.283. The number of benzene rings is 2. The highest BCUT2D eigenvalue weighted by Gasteiger charge is 2.08. The zero-order valence-corrected chi connectivity index (χ0v) is 12.1. The molecule has 0 bridgehead atoms. The minimum atomic E-state index is -0.934. The van der Waals surface area contributed by atoms with E-state index in [2.05, 4.69) is 6.92 Å². The Balaban J connectivity index is 2.07.